The van der Waals surface area contributed by atoms with Crippen molar-refractivity contribution in [1.29, 1.82) is 0 Å². The highest BCUT2D eigenvalue weighted by Gasteiger charge is 2.40. The third kappa shape index (κ3) is 6.76. The Kier molecular flexibility index (Phi) is 11.0. The van der Waals surface area contributed by atoms with Crippen molar-refractivity contribution in [2.24, 2.45) is 35.5 Å². The van der Waals surface area contributed by atoms with Gasteiger partial charge in [-0.15, -0.1) is 0 Å². The Morgan fingerprint density at radius 3 is 1.97 bits per heavy atom. The molecular weight excluding hydrogens is 384 g/mol. The molecule has 1 saturated heterocycles. The summed E-state index contributed by atoms with van der Waals surface area (Å²) in [6.45, 7) is 12.7. The number of aliphatic hydroxyl groups is 3. The fourth-order valence-corrected chi connectivity index (χ4v) is 4.70. The summed E-state index contributed by atoms with van der Waals surface area (Å²) in [6.07, 6.45) is 0.561. The molecule has 1 heterocycles. The number of Topliss-reactive ketones (excluding diaryl/α,β-unsaturated/α-hetero) is 1. The molecule has 0 radical (unpaired) electrons. The first kappa shape index (κ1) is 27.1. The van der Waals surface area contributed by atoms with Crippen molar-refractivity contribution in [1.82, 2.24) is 0 Å². The van der Waals surface area contributed by atoms with Crippen molar-refractivity contribution in [3.8, 4) is 0 Å². The summed E-state index contributed by atoms with van der Waals surface area (Å²) in [6, 6.07) is 0. The van der Waals surface area contributed by atoms with E-state index in [1.807, 2.05) is 20.8 Å². The van der Waals surface area contributed by atoms with Gasteiger partial charge in [0, 0.05) is 23.7 Å². The monoisotopic (exact) mass is 428 g/mol. The summed E-state index contributed by atoms with van der Waals surface area (Å²) in [5, 5.41) is 32.4. The molecule has 6 nitrogen and oxygen atoms in total. The molecule has 6 heteroatoms. The molecule has 0 aromatic rings. The highest BCUT2D eigenvalue weighted by Crippen LogP contribution is 2.31. The van der Waals surface area contributed by atoms with E-state index < -0.39 is 54.1 Å². The third-order valence-electron chi connectivity index (χ3n) is 7.20. The van der Waals surface area contributed by atoms with Crippen LogP contribution in [0.3, 0.4) is 0 Å². The molecule has 0 bridgehead atoms. The first-order valence-electron chi connectivity index (χ1n) is 11.7. The van der Waals surface area contributed by atoms with Crippen LogP contribution < -0.4 is 0 Å². The average Bonchev–Trinajstić information content (AvgIpc) is 2.73. The number of carbonyl (C=O) groups is 2. The summed E-state index contributed by atoms with van der Waals surface area (Å²) in [4.78, 5) is 25.8. The summed E-state index contributed by atoms with van der Waals surface area (Å²) < 4.78 is 5.78. The SMILES string of the molecule is CCCCCC1OC(=O)C(C)C(O)C(C)C(O)C(C)CC(C)C(=O)C(C)C(O)C1C. The van der Waals surface area contributed by atoms with Crippen molar-refractivity contribution in [2.75, 3.05) is 0 Å². The van der Waals surface area contributed by atoms with Gasteiger partial charge in [0.25, 0.3) is 0 Å². The van der Waals surface area contributed by atoms with Crippen molar-refractivity contribution < 1.29 is 29.6 Å². The normalized spacial score (nSPS) is 42.5. The van der Waals surface area contributed by atoms with E-state index in [0.29, 0.717) is 12.8 Å². The summed E-state index contributed by atoms with van der Waals surface area (Å²) >= 11 is 0. The standard InChI is InChI=1S/C24H44O6/c1-8-9-10-11-19-15(4)22(27)16(5)20(25)13(2)12-14(3)21(26)17(6)23(28)18(7)24(29)30-19/h13-19,21-23,26-28H,8-12H2,1-7H3. The maximum Gasteiger partial charge on any atom is 0.311 e. The van der Waals surface area contributed by atoms with Gasteiger partial charge in [0.05, 0.1) is 24.2 Å². The summed E-state index contributed by atoms with van der Waals surface area (Å²) in [5.74, 6) is -3.45. The van der Waals surface area contributed by atoms with Gasteiger partial charge in [0.15, 0.2) is 0 Å². The van der Waals surface area contributed by atoms with Crippen molar-refractivity contribution >= 4 is 11.8 Å². The minimum Gasteiger partial charge on any atom is -0.462 e. The van der Waals surface area contributed by atoms with Crippen LogP contribution in [0, 0.1) is 35.5 Å². The Morgan fingerprint density at radius 2 is 1.40 bits per heavy atom. The molecule has 3 N–H and O–H groups in total. The summed E-state index contributed by atoms with van der Waals surface area (Å²) in [5.41, 5.74) is 0. The molecule has 10 unspecified atom stereocenters. The van der Waals surface area contributed by atoms with E-state index in [1.165, 1.54) is 0 Å². The maximum atomic E-state index is 13.0. The van der Waals surface area contributed by atoms with Gasteiger partial charge in [-0.2, -0.15) is 0 Å². The molecule has 0 aromatic carbocycles. The van der Waals surface area contributed by atoms with Crippen molar-refractivity contribution in [2.45, 2.75) is 105 Å². The van der Waals surface area contributed by atoms with Crippen molar-refractivity contribution in [3.05, 3.63) is 0 Å². The zero-order valence-corrected chi connectivity index (χ0v) is 19.9. The van der Waals surface area contributed by atoms with Crippen LogP contribution in [0.2, 0.25) is 0 Å². The maximum absolute atomic E-state index is 13.0. The number of cyclic esters (lactones) is 1. The van der Waals surface area contributed by atoms with Crippen LogP contribution in [-0.2, 0) is 14.3 Å². The van der Waals surface area contributed by atoms with Gasteiger partial charge in [-0.1, -0.05) is 54.4 Å². The molecule has 1 aliphatic heterocycles. The number of esters is 1. The minimum atomic E-state index is -1.06. The van der Waals surface area contributed by atoms with E-state index in [4.69, 9.17) is 4.74 Å². The van der Waals surface area contributed by atoms with E-state index in [9.17, 15) is 24.9 Å². The van der Waals surface area contributed by atoms with Gasteiger partial charge in [0.1, 0.15) is 11.9 Å². The highest BCUT2D eigenvalue weighted by atomic mass is 16.5. The number of ketones is 1. The number of rotatable bonds is 4. The topological polar surface area (TPSA) is 104 Å². The molecule has 176 valence electrons. The molecule has 0 spiro atoms. The number of aliphatic hydroxyl groups excluding tert-OH is 3. The van der Waals surface area contributed by atoms with E-state index in [-0.39, 0.29) is 17.6 Å². The number of ether oxygens (including phenoxy) is 1. The lowest BCUT2D eigenvalue weighted by Gasteiger charge is -2.36. The Bertz CT molecular complexity index is 550. The third-order valence-corrected chi connectivity index (χ3v) is 7.20. The molecule has 1 rings (SSSR count). The fraction of sp³-hybridized carbons (Fsp3) is 0.917. The van der Waals surface area contributed by atoms with E-state index in [2.05, 4.69) is 6.92 Å². The Balaban J connectivity index is 3.23. The van der Waals surface area contributed by atoms with E-state index >= 15 is 0 Å². The molecule has 0 aromatic heterocycles. The van der Waals surface area contributed by atoms with Gasteiger partial charge in [-0.25, -0.2) is 0 Å². The second kappa shape index (κ2) is 12.2. The second-order valence-electron chi connectivity index (χ2n) is 9.75. The van der Waals surface area contributed by atoms with Crippen LogP contribution in [0.4, 0.5) is 0 Å². The van der Waals surface area contributed by atoms with Crippen molar-refractivity contribution in [3.63, 3.8) is 0 Å². The minimum absolute atomic E-state index is 0.0503. The zero-order chi connectivity index (χ0) is 23.2. The first-order chi connectivity index (χ1) is 13.9. The molecule has 1 aliphatic rings. The molecule has 0 aliphatic carbocycles. The fourth-order valence-electron chi connectivity index (χ4n) is 4.70. The summed E-state index contributed by atoms with van der Waals surface area (Å²) in [7, 11) is 0. The van der Waals surface area contributed by atoms with E-state index in [0.717, 1.165) is 19.3 Å². The van der Waals surface area contributed by atoms with Crippen LogP contribution in [0.5, 0.6) is 0 Å². The largest absolute Gasteiger partial charge is 0.462 e. The molecule has 1 fully saturated rings. The molecule has 10 atom stereocenters. The van der Waals surface area contributed by atoms with Gasteiger partial charge in [-0.05, 0) is 32.1 Å². The number of hydrogen-bond donors (Lipinski definition) is 3. The van der Waals surface area contributed by atoms with Crippen LogP contribution in [-0.4, -0.2) is 51.5 Å². The van der Waals surface area contributed by atoms with Gasteiger partial charge >= 0.3 is 5.97 Å². The van der Waals surface area contributed by atoms with Gasteiger partial charge in [0.2, 0.25) is 0 Å². The average molecular weight is 429 g/mol. The number of unbranched alkanes of at least 4 members (excludes halogenated alkanes) is 2. The molecular formula is C24H44O6. The highest BCUT2D eigenvalue weighted by molar-refractivity contribution is 5.83. The lowest BCUT2D eigenvalue weighted by molar-refractivity contribution is -0.166. The smallest absolute Gasteiger partial charge is 0.311 e. The van der Waals surface area contributed by atoms with Gasteiger partial charge < -0.3 is 20.1 Å². The van der Waals surface area contributed by atoms with Crippen LogP contribution >= 0.6 is 0 Å². The quantitative estimate of drug-likeness (QED) is 0.469. The zero-order valence-electron chi connectivity index (χ0n) is 19.9. The van der Waals surface area contributed by atoms with Crippen LogP contribution in [0.15, 0.2) is 0 Å². The lowest BCUT2D eigenvalue weighted by atomic mass is 9.77. The molecule has 0 amide bonds. The van der Waals surface area contributed by atoms with Crippen LogP contribution in [0.25, 0.3) is 0 Å². The first-order valence-corrected chi connectivity index (χ1v) is 11.7. The lowest BCUT2D eigenvalue weighted by Crippen LogP contribution is -2.45. The Hall–Kier alpha value is -0.980. The van der Waals surface area contributed by atoms with Gasteiger partial charge in [-0.3, -0.25) is 9.59 Å². The predicted octanol–water partition coefficient (Wildman–Crippen LogP) is 3.35. The van der Waals surface area contributed by atoms with Crippen LogP contribution in [0.1, 0.15) is 80.6 Å². The van der Waals surface area contributed by atoms with E-state index in [1.54, 1.807) is 20.8 Å². The Morgan fingerprint density at radius 1 is 0.833 bits per heavy atom. The number of carbonyl (C=O) groups excluding carboxylic acids is 2. The Labute approximate surface area is 182 Å². The number of hydrogen-bond acceptors (Lipinski definition) is 6. The molecule has 0 saturated carbocycles. The second-order valence-corrected chi connectivity index (χ2v) is 9.75. The molecule has 30 heavy (non-hydrogen) atoms. The predicted molar refractivity (Wildman–Crippen MR) is 117 cm³/mol.